The molecule has 0 unspecified atom stereocenters. The molecule has 18 heavy (non-hydrogen) atoms. The normalized spacial score (nSPS) is 10.5. The van der Waals surface area contributed by atoms with Gasteiger partial charge in [-0.05, 0) is 30.7 Å². The quantitative estimate of drug-likeness (QED) is 0.333. The first-order valence-corrected chi connectivity index (χ1v) is 7.11. The molecule has 0 heterocycles. The van der Waals surface area contributed by atoms with Gasteiger partial charge in [-0.1, -0.05) is 45.4 Å². The van der Waals surface area contributed by atoms with E-state index in [1.807, 2.05) is 12.1 Å². The van der Waals surface area contributed by atoms with Crippen LogP contribution in [-0.4, -0.2) is 11.7 Å². The number of hydrogen-bond donors (Lipinski definition) is 3. The minimum absolute atomic E-state index is 0.299. The van der Waals surface area contributed by atoms with Gasteiger partial charge in [-0.25, -0.2) is 5.43 Å². The standard InChI is InChI=1S/C15H26N2O/c1-2-3-4-5-6-7-8-13-16-17-14-9-11-15(18)12-10-14/h9-12,16-18H,2-8,13H2,1H3. The molecule has 3 heteroatoms. The molecule has 0 radical (unpaired) electrons. The highest BCUT2D eigenvalue weighted by molar-refractivity contribution is 5.44. The van der Waals surface area contributed by atoms with Gasteiger partial charge in [0, 0.05) is 12.2 Å². The summed E-state index contributed by atoms with van der Waals surface area (Å²) in [4.78, 5) is 0. The van der Waals surface area contributed by atoms with Crippen LogP contribution in [0.4, 0.5) is 5.69 Å². The van der Waals surface area contributed by atoms with Crippen molar-refractivity contribution < 1.29 is 5.11 Å². The number of aromatic hydroxyl groups is 1. The first-order chi connectivity index (χ1) is 8.83. The lowest BCUT2D eigenvalue weighted by Crippen LogP contribution is -2.22. The zero-order chi connectivity index (χ0) is 13.1. The van der Waals surface area contributed by atoms with Crippen molar-refractivity contribution in [1.29, 1.82) is 0 Å². The third kappa shape index (κ3) is 7.17. The Bertz CT molecular complexity index is 298. The van der Waals surface area contributed by atoms with Crippen molar-refractivity contribution in [2.45, 2.75) is 51.9 Å². The summed E-state index contributed by atoms with van der Waals surface area (Å²) in [5.74, 6) is 0.299. The van der Waals surface area contributed by atoms with Gasteiger partial charge < -0.3 is 10.5 Å². The lowest BCUT2D eigenvalue weighted by Gasteiger charge is -2.08. The molecule has 0 amide bonds. The van der Waals surface area contributed by atoms with Crippen LogP contribution in [0.5, 0.6) is 5.75 Å². The fraction of sp³-hybridized carbons (Fsp3) is 0.600. The lowest BCUT2D eigenvalue weighted by molar-refractivity contribution is 0.475. The summed E-state index contributed by atoms with van der Waals surface area (Å²) in [6.45, 7) is 3.23. The van der Waals surface area contributed by atoms with Crippen LogP contribution in [0.15, 0.2) is 24.3 Å². The fourth-order valence-electron chi connectivity index (χ4n) is 1.88. The van der Waals surface area contributed by atoms with Crippen LogP contribution >= 0.6 is 0 Å². The third-order valence-electron chi connectivity index (χ3n) is 3.01. The number of unbranched alkanes of at least 4 members (excludes halogenated alkanes) is 6. The van der Waals surface area contributed by atoms with Gasteiger partial charge in [-0.2, -0.15) is 0 Å². The number of phenolic OH excluding ortho intramolecular Hbond substituents is 1. The van der Waals surface area contributed by atoms with Gasteiger partial charge in [-0.15, -0.1) is 0 Å². The van der Waals surface area contributed by atoms with Crippen molar-refractivity contribution in [3.8, 4) is 5.75 Å². The molecular formula is C15H26N2O. The maximum absolute atomic E-state index is 9.14. The zero-order valence-corrected chi connectivity index (χ0v) is 11.4. The van der Waals surface area contributed by atoms with Crippen molar-refractivity contribution in [1.82, 2.24) is 5.43 Å². The second-order valence-corrected chi connectivity index (χ2v) is 4.72. The van der Waals surface area contributed by atoms with E-state index in [2.05, 4.69) is 17.8 Å². The van der Waals surface area contributed by atoms with Crippen LogP contribution < -0.4 is 10.9 Å². The van der Waals surface area contributed by atoms with Crippen LogP contribution in [0, 0.1) is 0 Å². The molecule has 102 valence electrons. The van der Waals surface area contributed by atoms with E-state index in [4.69, 9.17) is 5.11 Å². The van der Waals surface area contributed by atoms with Gasteiger partial charge in [-0.3, -0.25) is 0 Å². The molecular weight excluding hydrogens is 224 g/mol. The van der Waals surface area contributed by atoms with Gasteiger partial charge in [0.15, 0.2) is 0 Å². The van der Waals surface area contributed by atoms with E-state index in [0.717, 1.165) is 12.2 Å². The molecule has 0 saturated carbocycles. The number of hydrazine groups is 1. The number of anilines is 1. The van der Waals surface area contributed by atoms with Crippen molar-refractivity contribution >= 4 is 5.69 Å². The molecule has 0 aliphatic rings. The summed E-state index contributed by atoms with van der Waals surface area (Å²) in [6.07, 6.45) is 9.31. The van der Waals surface area contributed by atoms with Crippen LogP contribution in [0.25, 0.3) is 0 Å². The van der Waals surface area contributed by atoms with E-state index in [0.29, 0.717) is 5.75 Å². The van der Waals surface area contributed by atoms with Crippen molar-refractivity contribution in [2.24, 2.45) is 0 Å². The van der Waals surface area contributed by atoms with Gasteiger partial charge in [0.25, 0.3) is 0 Å². The van der Waals surface area contributed by atoms with Gasteiger partial charge in [0.2, 0.25) is 0 Å². The van der Waals surface area contributed by atoms with Gasteiger partial charge in [0.1, 0.15) is 5.75 Å². The number of rotatable bonds is 10. The summed E-state index contributed by atoms with van der Waals surface area (Å²) in [5, 5.41) is 9.14. The SMILES string of the molecule is CCCCCCCCCNNc1ccc(O)cc1. The van der Waals surface area contributed by atoms with Gasteiger partial charge >= 0.3 is 0 Å². The van der Waals surface area contributed by atoms with Crippen molar-refractivity contribution in [3.05, 3.63) is 24.3 Å². The average molecular weight is 250 g/mol. The molecule has 0 fully saturated rings. The van der Waals surface area contributed by atoms with E-state index >= 15 is 0 Å². The maximum Gasteiger partial charge on any atom is 0.115 e. The molecule has 0 saturated heterocycles. The Hall–Kier alpha value is -1.22. The minimum Gasteiger partial charge on any atom is -0.508 e. The molecule has 1 rings (SSSR count). The molecule has 0 bridgehead atoms. The molecule has 3 N–H and O–H groups in total. The monoisotopic (exact) mass is 250 g/mol. The van der Waals surface area contributed by atoms with E-state index in [1.54, 1.807) is 12.1 Å². The smallest absolute Gasteiger partial charge is 0.115 e. The zero-order valence-electron chi connectivity index (χ0n) is 11.4. The Kier molecular flexibility index (Phi) is 8.06. The maximum atomic E-state index is 9.14. The van der Waals surface area contributed by atoms with Crippen molar-refractivity contribution in [3.63, 3.8) is 0 Å². The minimum atomic E-state index is 0.299. The number of hydrogen-bond acceptors (Lipinski definition) is 3. The Morgan fingerprint density at radius 1 is 0.889 bits per heavy atom. The van der Waals surface area contributed by atoms with Crippen LogP contribution in [0.2, 0.25) is 0 Å². The molecule has 0 aliphatic carbocycles. The van der Waals surface area contributed by atoms with E-state index in [-0.39, 0.29) is 0 Å². The highest BCUT2D eigenvalue weighted by atomic mass is 16.3. The van der Waals surface area contributed by atoms with E-state index < -0.39 is 0 Å². The Labute approximate surface area is 111 Å². The first-order valence-electron chi connectivity index (χ1n) is 7.11. The van der Waals surface area contributed by atoms with Gasteiger partial charge in [0.05, 0.1) is 0 Å². The number of phenols is 1. The predicted octanol–water partition coefficient (Wildman–Crippen LogP) is 4.06. The lowest BCUT2D eigenvalue weighted by atomic mass is 10.1. The highest BCUT2D eigenvalue weighted by Crippen LogP contribution is 2.12. The van der Waals surface area contributed by atoms with Crippen molar-refractivity contribution in [2.75, 3.05) is 12.0 Å². The van der Waals surface area contributed by atoms with E-state index in [1.165, 1.54) is 44.9 Å². The summed E-state index contributed by atoms with van der Waals surface area (Å²) in [5.41, 5.74) is 7.30. The molecule has 0 aliphatic heterocycles. The Morgan fingerprint density at radius 2 is 1.50 bits per heavy atom. The highest BCUT2D eigenvalue weighted by Gasteiger charge is 1.93. The van der Waals surface area contributed by atoms with Crippen LogP contribution in [-0.2, 0) is 0 Å². The summed E-state index contributed by atoms with van der Waals surface area (Å²) in [6, 6.07) is 7.07. The first kappa shape index (κ1) is 14.8. The summed E-state index contributed by atoms with van der Waals surface area (Å²) in [7, 11) is 0. The molecule has 1 aromatic rings. The molecule has 0 aromatic heterocycles. The third-order valence-corrected chi connectivity index (χ3v) is 3.01. The largest absolute Gasteiger partial charge is 0.508 e. The number of nitrogens with one attached hydrogen (secondary N) is 2. The molecule has 0 spiro atoms. The Morgan fingerprint density at radius 3 is 2.17 bits per heavy atom. The van der Waals surface area contributed by atoms with Crippen LogP contribution in [0.1, 0.15) is 51.9 Å². The Balaban J connectivity index is 1.91. The molecule has 0 atom stereocenters. The summed E-state index contributed by atoms with van der Waals surface area (Å²) < 4.78 is 0. The summed E-state index contributed by atoms with van der Waals surface area (Å²) >= 11 is 0. The van der Waals surface area contributed by atoms with Crippen LogP contribution in [0.3, 0.4) is 0 Å². The second kappa shape index (κ2) is 9.77. The predicted molar refractivity (Wildman–Crippen MR) is 77.7 cm³/mol. The molecule has 1 aromatic carbocycles. The topological polar surface area (TPSA) is 44.3 Å². The molecule has 3 nitrogen and oxygen atoms in total. The fourth-order valence-corrected chi connectivity index (χ4v) is 1.88. The second-order valence-electron chi connectivity index (χ2n) is 4.72. The van der Waals surface area contributed by atoms with E-state index in [9.17, 15) is 0 Å². The average Bonchev–Trinajstić information content (AvgIpc) is 2.39. The number of benzene rings is 1.